The molecular weight excluding hydrogens is 408 g/mol. The van der Waals surface area contributed by atoms with E-state index < -0.39 is 0 Å². The Labute approximate surface area is 177 Å². The van der Waals surface area contributed by atoms with Crippen LogP contribution in [0.3, 0.4) is 0 Å². The molecule has 0 spiro atoms. The van der Waals surface area contributed by atoms with Gasteiger partial charge in [-0.15, -0.1) is 22.7 Å². The number of ether oxygens (including phenoxy) is 2. The number of rotatable bonds is 7. The molecule has 0 aliphatic heterocycles. The van der Waals surface area contributed by atoms with Crippen molar-refractivity contribution < 1.29 is 14.3 Å². The Hall–Kier alpha value is -2.10. The number of thiophene rings is 1. The normalized spacial score (nSPS) is 13.5. The van der Waals surface area contributed by atoms with Crippen LogP contribution in [0.1, 0.15) is 49.5 Å². The van der Waals surface area contributed by atoms with Crippen LogP contribution >= 0.6 is 22.7 Å². The summed E-state index contributed by atoms with van der Waals surface area (Å²) >= 11 is 3.15. The Balaban J connectivity index is 1.48. The lowest BCUT2D eigenvalue weighted by Crippen LogP contribution is -2.25. The van der Waals surface area contributed by atoms with E-state index in [1.54, 1.807) is 25.6 Å². The maximum atomic E-state index is 12.8. The minimum atomic E-state index is -0.0952. The first kappa shape index (κ1) is 20.2. The summed E-state index contributed by atoms with van der Waals surface area (Å²) < 4.78 is 10.6. The zero-order chi connectivity index (χ0) is 20.4. The summed E-state index contributed by atoms with van der Waals surface area (Å²) in [6.07, 6.45) is 5.49. The number of carbonyl (C=O) groups is 1. The Morgan fingerprint density at radius 3 is 2.72 bits per heavy atom. The van der Waals surface area contributed by atoms with E-state index in [2.05, 4.69) is 15.3 Å². The van der Waals surface area contributed by atoms with Gasteiger partial charge in [0.2, 0.25) is 5.88 Å². The van der Waals surface area contributed by atoms with Gasteiger partial charge in [-0.2, -0.15) is 4.98 Å². The van der Waals surface area contributed by atoms with E-state index in [9.17, 15) is 4.79 Å². The van der Waals surface area contributed by atoms with Crippen LogP contribution in [0.4, 0.5) is 0 Å². The van der Waals surface area contributed by atoms with E-state index in [-0.39, 0.29) is 5.91 Å². The van der Waals surface area contributed by atoms with Crippen molar-refractivity contribution >= 4 is 38.8 Å². The fourth-order valence-electron chi connectivity index (χ4n) is 3.58. The van der Waals surface area contributed by atoms with Gasteiger partial charge in [0.05, 0.1) is 28.1 Å². The molecule has 3 aromatic heterocycles. The molecule has 154 valence electrons. The smallest absolute Gasteiger partial charge is 0.261 e. The summed E-state index contributed by atoms with van der Waals surface area (Å²) in [7, 11) is 3.17. The Kier molecular flexibility index (Phi) is 6.07. The number of hydrogen-bond acceptors (Lipinski definition) is 8. The van der Waals surface area contributed by atoms with Crippen LogP contribution in [0.25, 0.3) is 10.2 Å². The van der Waals surface area contributed by atoms with Crippen LogP contribution in [0.15, 0.2) is 0 Å². The number of aryl methyl sites for hydroxylation is 3. The van der Waals surface area contributed by atoms with Gasteiger partial charge in [0.15, 0.2) is 5.82 Å². The van der Waals surface area contributed by atoms with Gasteiger partial charge >= 0.3 is 0 Å². The van der Waals surface area contributed by atoms with Crippen molar-refractivity contribution in [2.24, 2.45) is 0 Å². The number of hydrogen-bond donors (Lipinski definition) is 1. The van der Waals surface area contributed by atoms with Crippen LogP contribution in [0.5, 0.6) is 5.88 Å². The van der Waals surface area contributed by atoms with Crippen LogP contribution in [0, 0.1) is 6.92 Å². The number of amides is 1. The molecule has 1 N–H and O–H groups in total. The zero-order valence-corrected chi connectivity index (χ0v) is 18.5. The van der Waals surface area contributed by atoms with Crippen molar-refractivity contribution in [3.63, 3.8) is 0 Å². The number of nitrogens with one attached hydrogen (secondary N) is 1. The Morgan fingerprint density at radius 2 is 1.97 bits per heavy atom. The van der Waals surface area contributed by atoms with Gasteiger partial charge in [0, 0.05) is 25.0 Å². The second kappa shape index (κ2) is 8.73. The Bertz CT molecular complexity index is 1020. The van der Waals surface area contributed by atoms with Crippen LogP contribution in [0.2, 0.25) is 0 Å². The van der Waals surface area contributed by atoms with E-state index in [1.165, 1.54) is 34.7 Å². The quantitative estimate of drug-likeness (QED) is 0.615. The molecule has 0 saturated heterocycles. The molecule has 0 fully saturated rings. The van der Waals surface area contributed by atoms with E-state index >= 15 is 0 Å². The van der Waals surface area contributed by atoms with Crippen LogP contribution in [-0.2, 0) is 30.6 Å². The summed E-state index contributed by atoms with van der Waals surface area (Å²) in [5.41, 5.74) is 2.11. The molecular formula is C20H24N4O3S2. The van der Waals surface area contributed by atoms with E-state index in [4.69, 9.17) is 14.5 Å². The van der Waals surface area contributed by atoms with Gasteiger partial charge in [-0.25, -0.2) is 9.97 Å². The molecule has 0 bridgehead atoms. The minimum Gasteiger partial charge on any atom is -0.480 e. The average Bonchev–Trinajstić information content (AvgIpc) is 3.28. The molecule has 0 radical (unpaired) electrons. The monoisotopic (exact) mass is 432 g/mol. The highest BCUT2D eigenvalue weighted by atomic mass is 32.1. The largest absolute Gasteiger partial charge is 0.480 e. The molecule has 4 rings (SSSR count). The van der Waals surface area contributed by atoms with Gasteiger partial charge < -0.3 is 14.8 Å². The fraction of sp³-hybridized carbons (Fsp3) is 0.500. The third-order valence-electron chi connectivity index (χ3n) is 4.99. The number of aromatic nitrogens is 3. The lowest BCUT2D eigenvalue weighted by Gasteiger charge is -2.06. The molecule has 1 amide bonds. The van der Waals surface area contributed by atoms with Crippen molar-refractivity contribution in [1.82, 2.24) is 20.3 Å². The van der Waals surface area contributed by atoms with Gasteiger partial charge in [0.1, 0.15) is 11.4 Å². The number of nitrogens with zero attached hydrogens (tertiary/aromatic N) is 3. The van der Waals surface area contributed by atoms with Gasteiger partial charge in [-0.1, -0.05) is 0 Å². The lowest BCUT2D eigenvalue weighted by molar-refractivity contribution is 0.0957. The highest BCUT2D eigenvalue weighted by Crippen LogP contribution is 2.35. The van der Waals surface area contributed by atoms with Crippen molar-refractivity contribution in [3.8, 4) is 5.88 Å². The molecule has 1 aliphatic rings. The number of carbonyl (C=O) groups excluding carboxylic acids is 1. The third-order valence-corrected chi connectivity index (χ3v) is 7.39. The number of methoxy groups -OCH3 is 2. The molecule has 29 heavy (non-hydrogen) atoms. The van der Waals surface area contributed by atoms with Gasteiger partial charge in [0.25, 0.3) is 5.91 Å². The van der Waals surface area contributed by atoms with Crippen LogP contribution in [-0.4, -0.2) is 41.6 Å². The summed E-state index contributed by atoms with van der Waals surface area (Å²) in [5, 5.41) is 4.93. The highest BCUT2D eigenvalue weighted by Gasteiger charge is 2.21. The van der Waals surface area contributed by atoms with Gasteiger partial charge in [-0.05, 0) is 38.2 Å². The molecule has 0 saturated carbocycles. The zero-order valence-electron chi connectivity index (χ0n) is 16.8. The fourth-order valence-corrected chi connectivity index (χ4v) is 5.84. The lowest BCUT2D eigenvalue weighted by atomic mass is 10.0. The maximum absolute atomic E-state index is 12.8. The molecule has 0 unspecified atom stereocenters. The van der Waals surface area contributed by atoms with Crippen molar-refractivity contribution in [3.05, 3.63) is 31.8 Å². The molecule has 9 heteroatoms. The first-order chi connectivity index (χ1) is 14.1. The maximum Gasteiger partial charge on any atom is 0.261 e. The highest BCUT2D eigenvalue weighted by molar-refractivity contribution is 7.20. The second-order valence-electron chi connectivity index (χ2n) is 7.01. The molecule has 0 atom stereocenters. The number of fused-ring (bicyclic) bond motifs is 2. The predicted molar refractivity (Wildman–Crippen MR) is 114 cm³/mol. The molecule has 3 heterocycles. The van der Waals surface area contributed by atoms with Crippen LogP contribution < -0.4 is 10.1 Å². The molecule has 1 aliphatic carbocycles. The average molecular weight is 433 g/mol. The second-order valence-corrected chi connectivity index (χ2v) is 9.18. The third kappa shape index (κ3) is 4.12. The molecule has 0 aromatic carbocycles. The van der Waals surface area contributed by atoms with E-state index in [0.717, 1.165) is 40.1 Å². The summed E-state index contributed by atoms with van der Waals surface area (Å²) in [6, 6.07) is 0. The van der Waals surface area contributed by atoms with E-state index in [1.807, 2.05) is 6.92 Å². The first-order valence-corrected chi connectivity index (χ1v) is 11.3. The summed E-state index contributed by atoms with van der Waals surface area (Å²) in [4.78, 5) is 29.2. The topological polar surface area (TPSA) is 86.2 Å². The standard InChI is InChI=1S/C20H24N4O3S2/c1-11-16-19(27-3)23-14(10-26-2)24-20(16)29-17(11)18(25)21-9-8-15-22-12-6-4-5-7-13(12)28-15/h4-10H2,1-3H3,(H,21,25). The van der Waals surface area contributed by atoms with Crippen molar-refractivity contribution in [2.45, 2.75) is 45.6 Å². The van der Waals surface area contributed by atoms with Crippen molar-refractivity contribution in [1.29, 1.82) is 0 Å². The predicted octanol–water partition coefficient (Wildman–Crippen LogP) is 3.46. The SMILES string of the molecule is COCc1nc(OC)c2c(C)c(C(=O)NCCc3nc4c(s3)CCCC4)sc2n1. The Morgan fingerprint density at radius 1 is 1.14 bits per heavy atom. The molecule has 7 nitrogen and oxygen atoms in total. The minimum absolute atomic E-state index is 0.0952. The first-order valence-electron chi connectivity index (χ1n) is 9.69. The summed E-state index contributed by atoms with van der Waals surface area (Å²) in [6.45, 7) is 2.77. The van der Waals surface area contributed by atoms with Gasteiger partial charge in [-0.3, -0.25) is 4.79 Å². The number of thiazole rings is 1. The van der Waals surface area contributed by atoms with Crippen molar-refractivity contribution in [2.75, 3.05) is 20.8 Å². The van der Waals surface area contributed by atoms with E-state index in [0.29, 0.717) is 29.7 Å². The summed E-state index contributed by atoms with van der Waals surface area (Å²) in [5.74, 6) is 0.920. The molecule has 3 aromatic rings.